The van der Waals surface area contributed by atoms with Crippen LogP contribution in [0.3, 0.4) is 0 Å². The molecule has 1 aromatic carbocycles. The van der Waals surface area contributed by atoms with E-state index in [2.05, 4.69) is 40.3 Å². The van der Waals surface area contributed by atoms with Crippen molar-refractivity contribution < 1.29 is 4.74 Å². The van der Waals surface area contributed by atoms with Gasteiger partial charge in [-0.2, -0.15) is 0 Å². The third-order valence-corrected chi connectivity index (χ3v) is 3.37. The minimum Gasteiger partial charge on any atom is -0.495 e. The lowest BCUT2D eigenvalue weighted by Gasteiger charge is -2.24. The molecule has 1 aliphatic heterocycles. The molecule has 76 valence electrons. The van der Waals surface area contributed by atoms with Crippen molar-refractivity contribution in [3.8, 4) is 5.75 Å². The molecule has 2 rings (SSSR count). The summed E-state index contributed by atoms with van der Waals surface area (Å²) in [5.41, 5.74) is 2.59. The first kappa shape index (κ1) is 9.84. The molecule has 1 unspecified atom stereocenters. The predicted molar refractivity (Wildman–Crippen MR) is 62.2 cm³/mol. The zero-order chi connectivity index (χ0) is 10.1. The predicted octanol–water partition coefficient (Wildman–Crippen LogP) is 3.38. The highest BCUT2D eigenvalue weighted by Gasteiger charge is 2.17. The monoisotopic (exact) mass is 255 g/mol. The molecule has 1 aliphatic rings. The molecule has 0 saturated heterocycles. The maximum Gasteiger partial charge on any atom is 0.135 e. The third kappa shape index (κ3) is 1.61. The molecule has 1 N–H and O–H groups in total. The minimum atomic E-state index is 0.633. The van der Waals surface area contributed by atoms with Gasteiger partial charge >= 0.3 is 0 Å². The Labute approximate surface area is 92.8 Å². The van der Waals surface area contributed by atoms with E-state index in [-0.39, 0.29) is 0 Å². The van der Waals surface area contributed by atoms with E-state index in [1.165, 1.54) is 17.7 Å². The van der Waals surface area contributed by atoms with Crippen molar-refractivity contribution in [2.45, 2.75) is 19.3 Å². The Bertz CT molecular complexity index is 351. The maximum absolute atomic E-state index is 5.26. The van der Waals surface area contributed by atoms with Gasteiger partial charge in [-0.15, -0.1) is 0 Å². The van der Waals surface area contributed by atoms with Crippen molar-refractivity contribution in [2.24, 2.45) is 0 Å². The summed E-state index contributed by atoms with van der Waals surface area (Å²) in [6.07, 6.45) is 1.20. The summed E-state index contributed by atoms with van der Waals surface area (Å²) in [6, 6.07) is 4.22. The zero-order valence-corrected chi connectivity index (χ0v) is 10.0. The first-order valence-corrected chi connectivity index (χ1v) is 5.63. The van der Waals surface area contributed by atoms with Gasteiger partial charge in [0.15, 0.2) is 0 Å². The Balaban J connectivity index is 2.48. The fourth-order valence-electron chi connectivity index (χ4n) is 1.86. The van der Waals surface area contributed by atoms with Gasteiger partial charge in [-0.25, -0.2) is 0 Å². The number of methoxy groups -OCH3 is 1. The standard InChI is InChI=1S/C11H14BrNO/c1-7-3-4-13-10-6-11(14-2)9(12)5-8(7)10/h5-7,13H,3-4H2,1-2H3. The molecule has 1 atom stereocenters. The number of benzene rings is 1. The van der Waals surface area contributed by atoms with E-state index in [1.54, 1.807) is 7.11 Å². The molecule has 0 fully saturated rings. The third-order valence-electron chi connectivity index (χ3n) is 2.75. The highest BCUT2D eigenvalue weighted by Crippen LogP contribution is 2.38. The SMILES string of the molecule is COc1cc2c(cc1Br)C(C)CCN2. The van der Waals surface area contributed by atoms with E-state index < -0.39 is 0 Å². The molecule has 0 amide bonds. The van der Waals surface area contributed by atoms with Crippen molar-refractivity contribution in [1.29, 1.82) is 0 Å². The van der Waals surface area contributed by atoms with Crippen molar-refractivity contribution in [3.63, 3.8) is 0 Å². The summed E-state index contributed by atoms with van der Waals surface area (Å²) >= 11 is 3.51. The highest BCUT2D eigenvalue weighted by molar-refractivity contribution is 9.10. The molecule has 1 aromatic rings. The Hall–Kier alpha value is -0.700. The molecular formula is C11H14BrNO. The van der Waals surface area contributed by atoms with Crippen LogP contribution < -0.4 is 10.1 Å². The van der Waals surface area contributed by atoms with Gasteiger partial charge < -0.3 is 10.1 Å². The van der Waals surface area contributed by atoms with Gasteiger partial charge in [-0.3, -0.25) is 0 Å². The van der Waals surface area contributed by atoms with Gasteiger partial charge in [0.2, 0.25) is 0 Å². The summed E-state index contributed by atoms with van der Waals surface area (Å²) < 4.78 is 6.30. The van der Waals surface area contributed by atoms with Crippen LogP contribution in [0.15, 0.2) is 16.6 Å². The van der Waals surface area contributed by atoms with E-state index in [9.17, 15) is 0 Å². The van der Waals surface area contributed by atoms with Crippen LogP contribution in [0.1, 0.15) is 24.8 Å². The number of ether oxygens (including phenoxy) is 1. The lowest BCUT2D eigenvalue weighted by atomic mass is 9.93. The van der Waals surface area contributed by atoms with E-state index in [0.717, 1.165) is 16.8 Å². The Kier molecular flexibility index (Phi) is 2.68. The van der Waals surface area contributed by atoms with E-state index in [4.69, 9.17) is 4.74 Å². The summed E-state index contributed by atoms with van der Waals surface area (Å²) in [5.74, 6) is 1.53. The molecule has 0 aromatic heterocycles. The second-order valence-electron chi connectivity index (χ2n) is 3.69. The molecule has 0 aliphatic carbocycles. The average molecular weight is 256 g/mol. The average Bonchev–Trinajstić information content (AvgIpc) is 2.19. The Morgan fingerprint density at radius 3 is 3.00 bits per heavy atom. The molecule has 14 heavy (non-hydrogen) atoms. The summed E-state index contributed by atoms with van der Waals surface area (Å²) in [6.45, 7) is 3.32. The van der Waals surface area contributed by atoms with E-state index in [1.807, 2.05) is 0 Å². The molecule has 0 saturated carbocycles. The highest BCUT2D eigenvalue weighted by atomic mass is 79.9. The molecule has 0 radical (unpaired) electrons. The van der Waals surface area contributed by atoms with Crippen LogP contribution in [0.25, 0.3) is 0 Å². The Morgan fingerprint density at radius 1 is 1.50 bits per heavy atom. The smallest absolute Gasteiger partial charge is 0.135 e. The lowest BCUT2D eigenvalue weighted by molar-refractivity contribution is 0.412. The second kappa shape index (κ2) is 3.81. The van der Waals surface area contributed by atoms with Crippen molar-refractivity contribution >= 4 is 21.6 Å². The number of halogens is 1. The molecule has 1 heterocycles. The van der Waals surface area contributed by atoms with Crippen molar-refractivity contribution in [2.75, 3.05) is 19.0 Å². The maximum atomic E-state index is 5.26. The number of fused-ring (bicyclic) bond motifs is 1. The molecule has 0 bridgehead atoms. The van der Waals surface area contributed by atoms with Crippen LogP contribution in [0.2, 0.25) is 0 Å². The normalized spacial score (nSPS) is 19.8. The van der Waals surface area contributed by atoms with Crippen LogP contribution in [-0.4, -0.2) is 13.7 Å². The van der Waals surface area contributed by atoms with Crippen LogP contribution in [0.4, 0.5) is 5.69 Å². The van der Waals surface area contributed by atoms with Crippen LogP contribution in [-0.2, 0) is 0 Å². The fourth-order valence-corrected chi connectivity index (χ4v) is 2.39. The summed E-state index contributed by atoms with van der Waals surface area (Å²) in [4.78, 5) is 0. The second-order valence-corrected chi connectivity index (χ2v) is 4.54. The van der Waals surface area contributed by atoms with E-state index >= 15 is 0 Å². The Morgan fingerprint density at radius 2 is 2.29 bits per heavy atom. The first-order valence-electron chi connectivity index (χ1n) is 4.83. The fraction of sp³-hybridized carbons (Fsp3) is 0.455. The van der Waals surface area contributed by atoms with Gasteiger partial charge in [0.05, 0.1) is 11.6 Å². The van der Waals surface area contributed by atoms with Crippen LogP contribution in [0, 0.1) is 0 Å². The number of nitrogens with one attached hydrogen (secondary N) is 1. The molecule has 2 nitrogen and oxygen atoms in total. The van der Waals surface area contributed by atoms with Crippen LogP contribution in [0.5, 0.6) is 5.75 Å². The number of hydrogen-bond donors (Lipinski definition) is 1. The molecule has 0 spiro atoms. The zero-order valence-electron chi connectivity index (χ0n) is 8.43. The van der Waals surface area contributed by atoms with Gasteiger partial charge in [-0.05, 0) is 39.9 Å². The first-order chi connectivity index (χ1) is 6.72. The number of rotatable bonds is 1. The van der Waals surface area contributed by atoms with Gasteiger partial charge in [-0.1, -0.05) is 6.92 Å². The quantitative estimate of drug-likeness (QED) is 0.831. The topological polar surface area (TPSA) is 21.3 Å². The van der Waals surface area contributed by atoms with Crippen LogP contribution >= 0.6 is 15.9 Å². The van der Waals surface area contributed by atoms with Gasteiger partial charge in [0.25, 0.3) is 0 Å². The minimum absolute atomic E-state index is 0.633. The van der Waals surface area contributed by atoms with E-state index in [0.29, 0.717) is 5.92 Å². The van der Waals surface area contributed by atoms with Gasteiger partial charge in [0.1, 0.15) is 5.75 Å². The van der Waals surface area contributed by atoms with Gasteiger partial charge in [0, 0.05) is 18.3 Å². The summed E-state index contributed by atoms with van der Waals surface area (Å²) in [5, 5.41) is 3.39. The summed E-state index contributed by atoms with van der Waals surface area (Å²) in [7, 11) is 1.69. The number of hydrogen-bond acceptors (Lipinski definition) is 2. The largest absolute Gasteiger partial charge is 0.495 e. The van der Waals surface area contributed by atoms with Crippen molar-refractivity contribution in [1.82, 2.24) is 0 Å². The van der Waals surface area contributed by atoms with Crippen molar-refractivity contribution in [3.05, 3.63) is 22.2 Å². The molecular weight excluding hydrogens is 242 g/mol. The number of anilines is 1. The lowest BCUT2D eigenvalue weighted by Crippen LogP contribution is -2.14. The molecule has 3 heteroatoms.